The number of urea groups is 1. The number of aromatic hydroxyl groups is 1. The topological polar surface area (TPSA) is 109 Å². The number of aliphatic imine (C=N–C) groups is 1. The first-order valence-corrected chi connectivity index (χ1v) is 8.60. The first-order valence-electron chi connectivity index (χ1n) is 8.60. The summed E-state index contributed by atoms with van der Waals surface area (Å²) in [6, 6.07) is 10.4. The predicted octanol–water partition coefficient (Wildman–Crippen LogP) is 2.89. The highest BCUT2D eigenvalue weighted by Gasteiger charge is 2.37. The van der Waals surface area contributed by atoms with Gasteiger partial charge in [-0.3, -0.25) is 4.79 Å². The van der Waals surface area contributed by atoms with Gasteiger partial charge in [-0.25, -0.2) is 9.79 Å². The van der Waals surface area contributed by atoms with Crippen molar-refractivity contribution < 1.29 is 24.2 Å². The van der Waals surface area contributed by atoms with Crippen LogP contribution in [0.5, 0.6) is 17.2 Å². The molecule has 0 fully saturated rings. The molecule has 3 N–H and O–H groups in total. The summed E-state index contributed by atoms with van der Waals surface area (Å²) in [5.74, 6) is -0.147. The number of anilines is 1. The third kappa shape index (κ3) is 3.90. The minimum Gasteiger partial charge on any atom is -0.504 e. The Balaban J connectivity index is 1.91. The zero-order chi connectivity index (χ0) is 20.3. The van der Waals surface area contributed by atoms with Crippen molar-refractivity contribution >= 4 is 23.3 Å². The molecule has 0 aliphatic carbocycles. The van der Waals surface area contributed by atoms with Gasteiger partial charge in [-0.1, -0.05) is 6.07 Å². The molecule has 0 spiro atoms. The highest BCUT2D eigenvalue weighted by Crippen LogP contribution is 2.34. The highest BCUT2D eigenvalue weighted by molar-refractivity contribution is 6.13. The van der Waals surface area contributed by atoms with Gasteiger partial charge in [-0.2, -0.15) is 0 Å². The Hall–Kier alpha value is -3.55. The van der Waals surface area contributed by atoms with E-state index in [4.69, 9.17) is 9.47 Å². The van der Waals surface area contributed by atoms with Gasteiger partial charge in [0.25, 0.3) is 0 Å². The van der Waals surface area contributed by atoms with Crippen molar-refractivity contribution in [2.24, 2.45) is 10.9 Å². The molecule has 0 bridgehead atoms. The number of carbonyl (C=O) groups is 2. The van der Waals surface area contributed by atoms with Crippen LogP contribution < -0.4 is 20.1 Å². The smallest absolute Gasteiger partial charge is 0.341 e. The Morgan fingerprint density at radius 2 is 1.86 bits per heavy atom. The maximum Gasteiger partial charge on any atom is 0.341 e. The van der Waals surface area contributed by atoms with E-state index < -0.39 is 18.0 Å². The van der Waals surface area contributed by atoms with Crippen LogP contribution in [0.3, 0.4) is 0 Å². The maximum atomic E-state index is 13.0. The lowest BCUT2D eigenvalue weighted by molar-refractivity contribution is -0.118. The quantitative estimate of drug-likeness (QED) is 0.736. The molecule has 2 atom stereocenters. The number of amides is 3. The van der Waals surface area contributed by atoms with E-state index >= 15 is 0 Å². The second kappa shape index (κ2) is 7.99. The van der Waals surface area contributed by atoms with E-state index in [0.717, 1.165) is 0 Å². The van der Waals surface area contributed by atoms with Crippen molar-refractivity contribution in [1.29, 1.82) is 0 Å². The van der Waals surface area contributed by atoms with Crippen molar-refractivity contribution in [3.05, 3.63) is 48.0 Å². The molecule has 3 amide bonds. The first kappa shape index (κ1) is 19.2. The van der Waals surface area contributed by atoms with E-state index in [1.807, 2.05) is 0 Å². The van der Waals surface area contributed by atoms with Crippen LogP contribution in [0.15, 0.2) is 47.5 Å². The summed E-state index contributed by atoms with van der Waals surface area (Å²) in [5, 5.41) is 15.4. The molecule has 2 unspecified atom stereocenters. The van der Waals surface area contributed by atoms with E-state index in [1.165, 1.54) is 13.2 Å². The lowest BCUT2D eigenvalue weighted by Crippen LogP contribution is -2.45. The summed E-state index contributed by atoms with van der Waals surface area (Å²) >= 11 is 0. The molecule has 0 saturated heterocycles. The molecule has 2 aromatic carbocycles. The van der Waals surface area contributed by atoms with E-state index in [2.05, 4.69) is 15.6 Å². The maximum absolute atomic E-state index is 13.0. The second-order valence-electron chi connectivity index (χ2n) is 6.31. The van der Waals surface area contributed by atoms with Crippen LogP contribution in [-0.4, -0.2) is 37.0 Å². The summed E-state index contributed by atoms with van der Waals surface area (Å²) in [6.07, 6.45) is 0. The molecular formula is C20H21N3O5. The van der Waals surface area contributed by atoms with Crippen molar-refractivity contribution in [2.75, 3.05) is 19.5 Å². The number of phenolic OH excluding ortho intramolecular Hbond substituents is 1. The van der Waals surface area contributed by atoms with Gasteiger partial charge in [0, 0.05) is 11.4 Å². The number of ether oxygens (including phenoxy) is 2. The number of nitrogens with zero attached hydrogens (tertiary/aromatic N) is 1. The number of rotatable bonds is 5. The Bertz CT molecular complexity index is 924. The summed E-state index contributed by atoms with van der Waals surface area (Å²) in [7, 11) is 2.99. The molecule has 0 saturated carbocycles. The van der Waals surface area contributed by atoms with Gasteiger partial charge in [-0.15, -0.1) is 0 Å². The molecule has 8 heteroatoms. The molecule has 8 nitrogen and oxygen atoms in total. The van der Waals surface area contributed by atoms with Crippen LogP contribution in [0.4, 0.5) is 10.5 Å². The van der Waals surface area contributed by atoms with E-state index in [-0.39, 0.29) is 17.4 Å². The van der Waals surface area contributed by atoms with Crippen LogP contribution in [0.1, 0.15) is 18.5 Å². The minimum absolute atomic E-state index is 0.0296. The van der Waals surface area contributed by atoms with Crippen LogP contribution in [0, 0.1) is 5.92 Å². The number of phenols is 1. The molecule has 146 valence electrons. The molecule has 1 heterocycles. The van der Waals surface area contributed by atoms with Gasteiger partial charge >= 0.3 is 6.03 Å². The minimum atomic E-state index is -0.728. The fraction of sp³-hybridized carbons (Fsp3) is 0.250. The zero-order valence-electron chi connectivity index (χ0n) is 15.7. The van der Waals surface area contributed by atoms with Gasteiger partial charge in [-0.05, 0) is 48.9 Å². The first-order chi connectivity index (χ1) is 13.4. The van der Waals surface area contributed by atoms with Crippen molar-refractivity contribution in [1.82, 2.24) is 5.32 Å². The van der Waals surface area contributed by atoms with Crippen molar-refractivity contribution in [3.8, 4) is 17.2 Å². The zero-order valence-corrected chi connectivity index (χ0v) is 15.7. The monoisotopic (exact) mass is 383 g/mol. The summed E-state index contributed by atoms with van der Waals surface area (Å²) in [4.78, 5) is 28.8. The van der Waals surface area contributed by atoms with E-state index in [1.54, 1.807) is 50.4 Å². The van der Waals surface area contributed by atoms with Crippen molar-refractivity contribution in [3.63, 3.8) is 0 Å². The number of methoxy groups -OCH3 is 2. The molecule has 2 aromatic rings. The largest absolute Gasteiger partial charge is 0.504 e. The van der Waals surface area contributed by atoms with Gasteiger partial charge < -0.3 is 25.2 Å². The Labute approximate surface area is 162 Å². The average molecular weight is 383 g/mol. The van der Waals surface area contributed by atoms with Gasteiger partial charge in [0.15, 0.2) is 11.5 Å². The van der Waals surface area contributed by atoms with Crippen LogP contribution in [0.25, 0.3) is 0 Å². The Morgan fingerprint density at radius 3 is 2.50 bits per heavy atom. The molecule has 3 rings (SSSR count). The highest BCUT2D eigenvalue weighted by atomic mass is 16.5. The fourth-order valence-electron chi connectivity index (χ4n) is 3.12. The third-order valence-corrected chi connectivity index (χ3v) is 4.54. The summed E-state index contributed by atoms with van der Waals surface area (Å²) < 4.78 is 10.3. The predicted molar refractivity (Wildman–Crippen MR) is 104 cm³/mol. The summed E-state index contributed by atoms with van der Waals surface area (Å²) in [5.41, 5.74) is 1.61. The van der Waals surface area contributed by atoms with Crippen molar-refractivity contribution in [2.45, 2.75) is 13.0 Å². The molecule has 0 radical (unpaired) electrons. The molecule has 0 aromatic heterocycles. The molecule has 1 aliphatic heterocycles. The number of benzene rings is 2. The van der Waals surface area contributed by atoms with Crippen LogP contribution >= 0.6 is 0 Å². The van der Waals surface area contributed by atoms with Gasteiger partial charge in [0.2, 0.25) is 5.91 Å². The number of nitrogens with one attached hydrogen (secondary N) is 2. The lowest BCUT2D eigenvalue weighted by atomic mass is 9.87. The van der Waals surface area contributed by atoms with Gasteiger partial charge in [0.1, 0.15) is 11.7 Å². The van der Waals surface area contributed by atoms with E-state index in [9.17, 15) is 14.7 Å². The average Bonchev–Trinajstić information content (AvgIpc) is 2.68. The Morgan fingerprint density at radius 1 is 1.14 bits per heavy atom. The van der Waals surface area contributed by atoms with Gasteiger partial charge in [0.05, 0.1) is 20.3 Å². The number of hydrogen-bond acceptors (Lipinski definition) is 5. The normalized spacial score (nSPS) is 18.7. The Kier molecular flexibility index (Phi) is 5.49. The second-order valence-corrected chi connectivity index (χ2v) is 6.31. The molecular weight excluding hydrogens is 362 g/mol. The van der Waals surface area contributed by atoms with E-state index in [0.29, 0.717) is 22.7 Å². The van der Waals surface area contributed by atoms with Crippen LogP contribution in [0.2, 0.25) is 0 Å². The number of hydrogen-bond donors (Lipinski definition) is 3. The molecule has 1 aliphatic rings. The SMILES string of the molecule is COc1ccc(NC(=O)C2C(C)=NC(=O)NC2c2ccc(O)c(OC)c2)cc1. The van der Waals surface area contributed by atoms with Crippen LogP contribution in [-0.2, 0) is 4.79 Å². The third-order valence-electron chi connectivity index (χ3n) is 4.54. The lowest BCUT2D eigenvalue weighted by Gasteiger charge is -2.30. The molecule has 28 heavy (non-hydrogen) atoms. The standard InChI is InChI=1S/C20H21N3O5/c1-11-17(19(25)22-13-5-7-14(27-2)8-6-13)18(23-20(26)21-11)12-4-9-15(24)16(10-12)28-3/h4-10,17-18,24H,1-3H3,(H,22,25)(H,23,26). The summed E-state index contributed by atoms with van der Waals surface area (Å²) in [6.45, 7) is 1.64. The fourth-order valence-corrected chi connectivity index (χ4v) is 3.12. The number of carbonyl (C=O) groups excluding carboxylic acids is 2.